The van der Waals surface area contributed by atoms with Gasteiger partial charge in [-0.1, -0.05) is 17.4 Å². The summed E-state index contributed by atoms with van der Waals surface area (Å²) in [5.74, 6) is 0.930. The van der Waals surface area contributed by atoms with Gasteiger partial charge in [-0.15, -0.1) is 0 Å². The standard InChI is InChI=1S/C9H12N2OS/c1-6-5-8(12-10-6)7-3-4-9(13)11(7)2/h5,7H,3-4H2,1-2H3. The van der Waals surface area contributed by atoms with Crippen LogP contribution in [0.25, 0.3) is 0 Å². The fraction of sp³-hybridized carbons (Fsp3) is 0.556. The van der Waals surface area contributed by atoms with Crippen molar-refractivity contribution in [2.45, 2.75) is 25.8 Å². The zero-order valence-corrected chi connectivity index (χ0v) is 8.60. The average molecular weight is 196 g/mol. The highest BCUT2D eigenvalue weighted by molar-refractivity contribution is 7.80. The van der Waals surface area contributed by atoms with Gasteiger partial charge >= 0.3 is 0 Å². The van der Waals surface area contributed by atoms with Crippen molar-refractivity contribution in [3.05, 3.63) is 17.5 Å². The molecule has 0 amide bonds. The van der Waals surface area contributed by atoms with Crippen molar-refractivity contribution < 1.29 is 4.52 Å². The molecule has 1 aliphatic heterocycles. The van der Waals surface area contributed by atoms with E-state index >= 15 is 0 Å². The average Bonchev–Trinajstić information content (AvgIpc) is 2.62. The Bertz CT molecular complexity index is 334. The lowest BCUT2D eigenvalue weighted by atomic mass is 10.1. The number of aromatic nitrogens is 1. The van der Waals surface area contributed by atoms with Crippen LogP contribution < -0.4 is 0 Å². The van der Waals surface area contributed by atoms with Gasteiger partial charge in [0, 0.05) is 19.5 Å². The van der Waals surface area contributed by atoms with Crippen molar-refractivity contribution in [1.29, 1.82) is 0 Å². The van der Waals surface area contributed by atoms with Crippen LogP contribution in [0.4, 0.5) is 0 Å². The maximum absolute atomic E-state index is 5.22. The summed E-state index contributed by atoms with van der Waals surface area (Å²) in [7, 11) is 2.01. The van der Waals surface area contributed by atoms with Crippen LogP contribution in [0.2, 0.25) is 0 Å². The maximum atomic E-state index is 5.22. The van der Waals surface area contributed by atoms with E-state index in [1.54, 1.807) is 0 Å². The van der Waals surface area contributed by atoms with Crippen molar-refractivity contribution in [3.8, 4) is 0 Å². The summed E-state index contributed by atoms with van der Waals surface area (Å²) in [6, 6.07) is 2.28. The normalized spacial score (nSPS) is 22.8. The minimum Gasteiger partial charge on any atom is -0.359 e. The van der Waals surface area contributed by atoms with Crippen LogP contribution in [-0.4, -0.2) is 22.1 Å². The summed E-state index contributed by atoms with van der Waals surface area (Å²) in [6.45, 7) is 1.93. The van der Waals surface area contributed by atoms with Gasteiger partial charge in [0.05, 0.1) is 16.7 Å². The third-order valence-electron chi connectivity index (χ3n) is 2.47. The highest BCUT2D eigenvalue weighted by Crippen LogP contribution is 2.32. The highest BCUT2D eigenvalue weighted by atomic mass is 32.1. The molecule has 0 spiro atoms. The fourth-order valence-electron chi connectivity index (χ4n) is 1.68. The molecular formula is C9H12N2OS. The molecule has 1 aromatic rings. The summed E-state index contributed by atoms with van der Waals surface area (Å²) in [4.78, 5) is 3.11. The largest absolute Gasteiger partial charge is 0.359 e. The second kappa shape index (κ2) is 3.10. The predicted molar refractivity (Wildman–Crippen MR) is 53.6 cm³/mol. The molecule has 2 heterocycles. The zero-order chi connectivity index (χ0) is 9.42. The van der Waals surface area contributed by atoms with Gasteiger partial charge in [-0.25, -0.2) is 0 Å². The molecule has 70 valence electrons. The van der Waals surface area contributed by atoms with Gasteiger partial charge in [-0.3, -0.25) is 0 Å². The first-order chi connectivity index (χ1) is 6.18. The van der Waals surface area contributed by atoms with E-state index < -0.39 is 0 Å². The van der Waals surface area contributed by atoms with Crippen LogP contribution in [0, 0.1) is 6.92 Å². The topological polar surface area (TPSA) is 29.3 Å². The molecule has 0 aromatic carbocycles. The van der Waals surface area contributed by atoms with Gasteiger partial charge in [0.25, 0.3) is 0 Å². The molecule has 0 N–H and O–H groups in total. The van der Waals surface area contributed by atoms with E-state index in [9.17, 15) is 0 Å². The second-order valence-corrected chi connectivity index (χ2v) is 3.90. The Morgan fingerprint density at radius 1 is 1.69 bits per heavy atom. The third-order valence-corrected chi connectivity index (χ3v) is 2.96. The van der Waals surface area contributed by atoms with E-state index in [2.05, 4.69) is 10.1 Å². The first-order valence-corrected chi connectivity index (χ1v) is 4.78. The summed E-state index contributed by atoms with van der Waals surface area (Å²) in [5.41, 5.74) is 0.932. The minimum absolute atomic E-state index is 0.300. The molecule has 2 rings (SSSR count). The Morgan fingerprint density at radius 3 is 2.92 bits per heavy atom. The van der Waals surface area contributed by atoms with E-state index in [-0.39, 0.29) is 0 Å². The number of hydrogen-bond acceptors (Lipinski definition) is 3. The molecule has 3 nitrogen and oxygen atoms in total. The maximum Gasteiger partial charge on any atom is 0.159 e. The summed E-state index contributed by atoms with van der Waals surface area (Å²) < 4.78 is 5.22. The Labute approximate surface area is 82.7 Å². The Balaban J connectivity index is 2.23. The fourth-order valence-corrected chi connectivity index (χ4v) is 1.92. The smallest absolute Gasteiger partial charge is 0.159 e. The number of aryl methyl sites for hydroxylation is 1. The second-order valence-electron chi connectivity index (χ2n) is 3.43. The molecule has 1 fully saturated rings. The Hall–Kier alpha value is -0.900. The molecule has 0 radical (unpaired) electrons. The van der Waals surface area contributed by atoms with Crippen LogP contribution in [-0.2, 0) is 0 Å². The molecular weight excluding hydrogens is 184 g/mol. The number of rotatable bonds is 1. The van der Waals surface area contributed by atoms with Crippen LogP contribution in [0.15, 0.2) is 10.6 Å². The number of thiocarbonyl (C=S) groups is 1. The van der Waals surface area contributed by atoms with Crippen molar-refractivity contribution in [1.82, 2.24) is 10.1 Å². The molecule has 0 aliphatic carbocycles. The van der Waals surface area contributed by atoms with E-state index in [0.717, 1.165) is 29.3 Å². The van der Waals surface area contributed by atoms with Gasteiger partial charge in [0.15, 0.2) is 5.76 Å². The Kier molecular flexibility index (Phi) is 2.07. The SMILES string of the molecule is Cc1cc(C2CCC(=S)N2C)on1. The quantitative estimate of drug-likeness (QED) is 0.643. The lowest BCUT2D eigenvalue weighted by molar-refractivity contribution is 0.293. The molecule has 0 saturated carbocycles. The van der Waals surface area contributed by atoms with Crippen molar-refractivity contribution in [2.24, 2.45) is 0 Å². The number of hydrogen-bond donors (Lipinski definition) is 0. The summed E-state index contributed by atoms with van der Waals surface area (Å²) >= 11 is 5.19. The monoisotopic (exact) mass is 196 g/mol. The van der Waals surface area contributed by atoms with Gasteiger partial charge in [0.1, 0.15) is 0 Å². The predicted octanol–water partition coefficient (Wildman–Crippen LogP) is 2.08. The van der Waals surface area contributed by atoms with E-state index in [1.807, 2.05) is 20.0 Å². The van der Waals surface area contributed by atoms with E-state index in [4.69, 9.17) is 16.7 Å². The lowest BCUT2D eigenvalue weighted by Gasteiger charge is -2.18. The molecule has 1 unspecified atom stereocenters. The Morgan fingerprint density at radius 2 is 2.46 bits per heavy atom. The third kappa shape index (κ3) is 1.46. The molecule has 1 aliphatic rings. The zero-order valence-electron chi connectivity index (χ0n) is 7.78. The summed E-state index contributed by atoms with van der Waals surface area (Å²) in [5, 5.41) is 3.88. The first-order valence-electron chi connectivity index (χ1n) is 4.37. The van der Waals surface area contributed by atoms with Crippen molar-refractivity contribution in [3.63, 3.8) is 0 Å². The van der Waals surface area contributed by atoms with Crippen LogP contribution in [0.3, 0.4) is 0 Å². The molecule has 1 atom stereocenters. The number of nitrogens with zero attached hydrogens (tertiary/aromatic N) is 2. The van der Waals surface area contributed by atoms with Gasteiger partial charge in [-0.05, 0) is 13.3 Å². The van der Waals surface area contributed by atoms with E-state index in [0.29, 0.717) is 6.04 Å². The molecule has 4 heteroatoms. The van der Waals surface area contributed by atoms with Crippen LogP contribution in [0.5, 0.6) is 0 Å². The highest BCUT2D eigenvalue weighted by Gasteiger charge is 2.28. The molecule has 1 aromatic heterocycles. The van der Waals surface area contributed by atoms with Gasteiger partial charge < -0.3 is 9.42 Å². The van der Waals surface area contributed by atoms with Gasteiger partial charge in [-0.2, -0.15) is 0 Å². The lowest BCUT2D eigenvalue weighted by Crippen LogP contribution is -2.20. The number of likely N-dealkylation sites (tertiary alicyclic amines) is 1. The van der Waals surface area contributed by atoms with Gasteiger partial charge in [0.2, 0.25) is 0 Å². The van der Waals surface area contributed by atoms with Crippen LogP contribution >= 0.6 is 12.2 Å². The molecule has 13 heavy (non-hydrogen) atoms. The van der Waals surface area contributed by atoms with E-state index in [1.165, 1.54) is 0 Å². The first kappa shape index (κ1) is 8.69. The molecule has 0 bridgehead atoms. The van der Waals surface area contributed by atoms with Crippen LogP contribution in [0.1, 0.15) is 30.3 Å². The molecule has 1 saturated heterocycles. The minimum atomic E-state index is 0.300. The van der Waals surface area contributed by atoms with Crippen molar-refractivity contribution in [2.75, 3.05) is 7.05 Å². The summed E-state index contributed by atoms with van der Waals surface area (Å²) in [6.07, 6.45) is 2.03. The van der Waals surface area contributed by atoms with Crippen molar-refractivity contribution >= 4 is 17.2 Å².